The van der Waals surface area contributed by atoms with Crippen molar-refractivity contribution >= 4 is 0 Å². The van der Waals surface area contributed by atoms with Gasteiger partial charge < -0.3 is 14.9 Å². The second kappa shape index (κ2) is 5.18. The van der Waals surface area contributed by atoms with Crippen LogP contribution in [-0.4, -0.2) is 0 Å². The van der Waals surface area contributed by atoms with Gasteiger partial charge in [0.15, 0.2) is 0 Å². The van der Waals surface area contributed by atoms with Gasteiger partial charge in [0.2, 0.25) is 0 Å². The minimum absolute atomic E-state index is 0.141. The maximum atomic E-state index is 12.9. The van der Waals surface area contributed by atoms with Crippen molar-refractivity contribution in [2.75, 3.05) is 0 Å². The van der Waals surface area contributed by atoms with E-state index in [9.17, 15) is 8.78 Å². The average molecular weight is 253 g/mol. The minimum Gasteiger partial charge on any atom is -0.489 e. The summed E-state index contributed by atoms with van der Waals surface area (Å²) in [6.07, 6.45) is 0. The topological polar surface area (TPSA) is 48.4 Å². The summed E-state index contributed by atoms with van der Waals surface area (Å²) in [5, 5.41) is 0. The number of hydrogen-bond acceptors (Lipinski definition) is 3. The maximum absolute atomic E-state index is 12.9. The molecule has 0 radical (unpaired) electrons. The van der Waals surface area contributed by atoms with Crippen LogP contribution < -0.4 is 10.5 Å². The average Bonchev–Trinajstić information content (AvgIpc) is 2.66. The summed E-state index contributed by atoms with van der Waals surface area (Å²) in [5.41, 5.74) is 6.25. The molecule has 1 aromatic carbocycles. The lowest BCUT2D eigenvalue weighted by Crippen LogP contribution is -1.97. The Kier molecular flexibility index (Phi) is 3.62. The zero-order valence-electron chi connectivity index (χ0n) is 9.87. The highest BCUT2D eigenvalue weighted by Gasteiger charge is 2.08. The molecule has 2 rings (SSSR count). The highest BCUT2D eigenvalue weighted by atomic mass is 19.1. The fourth-order valence-corrected chi connectivity index (χ4v) is 1.60. The third-order valence-corrected chi connectivity index (χ3v) is 2.50. The number of benzene rings is 1. The van der Waals surface area contributed by atoms with Gasteiger partial charge in [0.25, 0.3) is 0 Å². The van der Waals surface area contributed by atoms with Crippen molar-refractivity contribution in [1.29, 1.82) is 0 Å². The summed E-state index contributed by atoms with van der Waals surface area (Å²) < 4.78 is 36.5. The Labute approximate surface area is 103 Å². The molecule has 0 saturated carbocycles. The van der Waals surface area contributed by atoms with E-state index in [1.54, 1.807) is 13.0 Å². The van der Waals surface area contributed by atoms with Crippen molar-refractivity contribution in [2.45, 2.75) is 20.1 Å². The normalized spacial score (nSPS) is 10.7. The zero-order chi connectivity index (χ0) is 13.1. The number of halogens is 2. The van der Waals surface area contributed by atoms with Crippen LogP contribution >= 0.6 is 0 Å². The first kappa shape index (κ1) is 12.6. The first-order chi connectivity index (χ1) is 8.58. The Bertz CT molecular complexity index is 532. The predicted octanol–water partition coefficient (Wildman–Crippen LogP) is 2.90. The molecule has 5 heteroatoms. The van der Waals surface area contributed by atoms with Gasteiger partial charge in [0.05, 0.1) is 6.54 Å². The van der Waals surface area contributed by atoms with Crippen LogP contribution in [-0.2, 0) is 13.2 Å². The molecule has 0 saturated heterocycles. The fourth-order valence-electron chi connectivity index (χ4n) is 1.60. The van der Waals surface area contributed by atoms with Crippen molar-refractivity contribution in [3.05, 3.63) is 53.0 Å². The number of nitrogens with two attached hydrogens (primary N) is 1. The quantitative estimate of drug-likeness (QED) is 0.911. The van der Waals surface area contributed by atoms with Crippen LogP contribution in [0.3, 0.4) is 0 Å². The summed E-state index contributed by atoms with van der Waals surface area (Å²) in [4.78, 5) is 0. The Morgan fingerprint density at radius 3 is 2.39 bits per heavy atom. The molecule has 0 aliphatic heterocycles. The molecule has 1 aromatic heterocycles. The van der Waals surface area contributed by atoms with Crippen molar-refractivity contribution in [3.8, 4) is 5.75 Å². The molecule has 0 amide bonds. The summed E-state index contributed by atoms with van der Waals surface area (Å²) in [6, 6.07) is 4.82. The minimum atomic E-state index is -0.670. The molecule has 0 spiro atoms. The van der Waals surface area contributed by atoms with Crippen molar-refractivity contribution in [3.63, 3.8) is 0 Å². The second-order valence-electron chi connectivity index (χ2n) is 3.89. The van der Waals surface area contributed by atoms with Gasteiger partial charge in [-0.1, -0.05) is 0 Å². The monoisotopic (exact) mass is 253 g/mol. The van der Waals surface area contributed by atoms with Crippen LogP contribution in [0.25, 0.3) is 0 Å². The molecule has 2 aromatic rings. The van der Waals surface area contributed by atoms with E-state index in [0.717, 1.165) is 23.8 Å². The molecule has 0 fully saturated rings. The van der Waals surface area contributed by atoms with E-state index < -0.39 is 11.6 Å². The van der Waals surface area contributed by atoms with E-state index in [2.05, 4.69) is 0 Å². The van der Waals surface area contributed by atoms with Crippen LogP contribution in [0, 0.1) is 18.6 Å². The van der Waals surface area contributed by atoms with Crippen LogP contribution in [0.2, 0.25) is 0 Å². The number of rotatable bonds is 4. The number of ether oxygens (including phenoxy) is 1. The van der Waals surface area contributed by atoms with E-state index in [1.165, 1.54) is 0 Å². The molecule has 3 nitrogen and oxygen atoms in total. The van der Waals surface area contributed by atoms with E-state index in [4.69, 9.17) is 14.9 Å². The lowest BCUT2D eigenvalue weighted by atomic mass is 10.2. The van der Waals surface area contributed by atoms with E-state index >= 15 is 0 Å². The summed E-state index contributed by atoms with van der Waals surface area (Å²) in [7, 11) is 0. The predicted molar refractivity (Wildman–Crippen MR) is 62.0 cm³/mol. The first-order valence-corrected chi connectivity index (χ1v) is 5.45. The summed E-state index contributed by atoms with van der Waals surface area (Å²) in [6.45, 7) is 2.26. The molecular weight excluding hydrogens is 240 g/mol. The van der Waals surface area contributed by atoms with E-state index in [-0.39, 0.29) is 12.4 Å². The van der Waals surface area contributed by atoms with Crippen LogP contribution in [0.1, 0.15) is 17.1 Å². The molecule has 2 N–H and O–H groups in total. The third-order valence-electron chi connectivity index (χ3n) is 2.50. The van der Waals surface area contributed by atoms with Crippen molar-refractivity contribution in [1.82, 2.24) is 0 Å². The lowest BCUT2D eigenvalue weighted by molar-refractivity contribution is 0.299. The van der Waals surface area contributed by atoms with Gasteiger partial charge >= 0.3 is 0 Å². The van der Waals surface area contributed by atoms with Gasteiger partial charge in [0.1, 0.15) is 35.5 Å². The molecule has 18 heavy (non-hydrogen) atoms. The van der Waals surface area contributed by atoms with Gasteiger partial charge in [-0.2, -0.15) is 0 Å². The van der Waals surface area contributed by atoms with Crippen molar-refractivity contribution in [2.24, 2.45) is 5.73 Å². The van der Waals surface area contributed by atoms with Crippen LogP contribution in [0.4, 0.5) is 8.78 Å². The number of hydrogen-bond donors (Lipinski definition) is 1. The van der Waals surface area contributed by atoms with Gasteiger partial charge in [-0.15, -0.1) is 0 Å². The molecule has 0 atom stereocenters. The highest BCUT2D eigenvalue weighted by Crippen LogP contribution is 2.19. The standard InChI is InChI=1S/C13H13F2NO2/c1-8-9(2-13(6-16)18-8)7-17-12-4-10(14)3-11(15)5-12/h2-5H,6-7,16H2,1H3. The fraction of sp³-hybridized carbons (Fsp3) is 0.231. The number of aryl methyl sites for hydroxylation is 1. The molecule has 0 aliphatic rings. The van der Waals surface area contributed by atoms with E-state index in [0.29, 0.717) is 18.1 Å². The third kappa shape index (κ3) is 2.87. The zero-order valence-corrected chi connectivity index (χ0v) is 9.87. The highest BCUT2D eigenvalue weighted by molar-refractivity contribution is 5.25. The van der Waals surface area contributed by atoms with Gasteiger partial charge in [-0.25, -0.2) is 8.78 Å². The molecule has 1 heterocycles. The summed E-state index contributed by atoms with van der Waals surface area (Å²) >= 11 is 0. The molecule has 96 valence electrons. The van der Waals surface area contributed by atoms with Crippen LogP contribution in [0.5, 0.6) is 5.75 Å². The Hall–Kier alpha value is -1.88. The number of furan rings is 1. The lowest BCUT2D eigenvalue weighted by Gasteiger charge is -2.05. The smallest absolute Gasteiger partial charge is 0.129 e. The second-order valence-corrected chi connectivity index (χ2v) is 3.89. The Morgan fingerprint density at radius 1 is 1.17 bits per heavy atom. The van der Waals surface area contributed by atoms with Crippen LogP contribution in [0.15, 0.2) is 28.7 Å². The van der Waals surface area contributed by atoms with Gasteiger partial charge in [-0.3, -0.25) is 0 Å². The van der Waals surface area contributed by atoms with Crippen molar-refractivity contribution < 1.29 is 17.9 Å². The molecule has 0 unspecified atom stereocenters. The molecule has 0 bridgehead atoms. The Balaban J connectivity index is 2.08. The summed E-state index contributed by atoms with van der Waals surface area (Å²) in [5.74, 6) is 0.138. The maximum Gasteiger partial charge on any atom is 0.129 e. The first-order valence-electron chi connectivity index (χ1n) is 5.45. The van der Waals surface area contributed by atoms with Gasteiger partial charge in [0, 0.05) is 23.8 Å². The Morgan fingerprint density at radius 2 is 1.83 bits per heavy atom. The largest absolute Gasteiger partial charge is 0.489 e. The SMILES string of the molecule is Cc1oc(CN)cc1COc1cc(F)cc(F)c1. The van der Waals surface area contributed by atoms with Gasteiger partial charge in [-0.05, 0) is 13.0 Å². The van der Waals surface area contributed by atoms with E-state index in [1.807, 2.05) is 0 Å². The molecule has 0 aliphatic carbocycles. The molecular formula is C13H13F2NO2.